The first-order valence-corrected chi connectivity index (χ1v) is 7.43. The fraction of sp³-hybridized carbons (Fsp3) is 0.375. The van der Waals surface area contributed by atoms with Gasteiger partial charge in [-0.25, -0.2) is 13.6 Å². The minimum atomic E-state index is -0.692. The highest BCUT2D eigenvalue weighted by atomic mass is 19.1. The van der Waals surface area contributed by atoms with Gasteiger partial charge in [0, 0.05) is 12.6 Å². The molecule has 1 fully saturated rings. The number of aromatic amines is 1. The zero-order valence-electron chi connectivity index (χ0n) is 12.3. The second kappa shape index (κ2) is 6.36. The number of oxazole rings is 1. The number of aromatic nitrogens is 1. The van der Waals surface area contributed by atoms with Crippen LogP contribution in [0.15, 0.2) is 33.7 Å². The van der Waals surface area contributed by atoms with E-state index in [1.165, 1.54) is 12.1 Å². The molecule has 1 saturated carbocycles. The third-order valence-corrected chi connectivity index (χ3v) is 4.08. The molecule has 0 aliphatic heterocycles. The van der Waals surface area contributed by atoms with Gasteiger partial charge in [0.25, 0.3) is 5.91 Å². The molecule has 0 bridgehead atoms. The van der Waals surface area contributed by atoms with Gasteiger partial charge < -0.3 is 9.73 Å². The summed E-state index contributed by atoms with van der Waals surface area (Å²) in [4.78, 5) is 25.1. The van der Waals surface area contributed by atoms with Gasteiger partial charge in [-0.3, -0.25) is 9.78 Å². The Labute approximate surface area is 130 Å². The third-order valence-electron chi connectivity index (χ3n) is 4.08. The Morgan fingerprint density at radius 1 is 1.39 bits per heavy atom. The smallest absolute Gasteiger partial charge is 0.416 e. The van der Waals surface area contributed by atoms with Crippen molar-refractivity contribution >= 4 is 5.91 Å². The van der Waals surface area contributed by atoms with Crippen LogP contribution in [0.4, 0.5) is 8.78 Å². The van der Waals surface area contributed by atoms with Crippen molar-refractivity contribution in [1.82, 2.24) is 10.3 Å². The molecule has 5 nitrogen and oxygen atoms in total. The number of rotatable bonds is 6. The molecule has 1 aliphatic carbocycles. The van der Waals surface area contributed by atoms with E-state index in [1.54, 1.807) is 0 Å². The Kier molecular flexibility index (Phi) is 4.27. The highest BCUT2D eigenvalue weighted by Gasteiger charge is 2.32. The van der Waals surface area contributed by atoms with E-state index < -0.39 is 23.3 Å². The van der Waals surface area contributed by atoms with Crippen LogP contribution in [0, 0.1) is 23.5 Å². The second-order valence-corrected chi connectivity index (χ2v) is 5.81. The molecule has 0 spiro atoms. The van der Waals surface area contributed by atoms with Gasteiger partial charge in [0.2, 0.25) is 0 Å². The quantitative estimate of drug-likeness (QED) is 0.856. The van der Waals surface area contributed by atoms with E-state index in [0.717, 1.165) is 25.2 Å². The van der Waals surface area contributed by atoms with Gasteiger partial charge in [0.1, 0.15) is 23.6 Å². The summed E-state index contributed by atoms with van der Waals surface area (Å²) in [6.07, 6.45) is 3.56. The van der Waals surface area contributed by atoms with Crippen molar-refractivity contribution < 1.29 is 18.0 Å². The summed E-state index contributed by atoms with van der Waals surface area (Å²) in [5, 5.41) is 2.72. The van der Waals surface area contributed by atoms with E-state index in [9.17, 15) is 18.4 Å². The normalized spacial score (nSPS) is 15.4. The number of H-pyrrole nitrogens is 1. The predicted octanol–water partition coefficient (Wildman–Crippen LogP) is 2.24. The van der Waals surface area contributed by atoms with E-state index in [1.807, 2.05) is 0 Å². The SMILES string of the molecule is O=C(NCC(Cc1ccc(F)cc1F)C1CC1)c1coc(=O)[nH]1. The van der Waals surface area contributed by atoms with Crippen LogP contribution in [0.25, 0.3) is 0 Å². The standard InChI is InChI=1S/C16H16F2N2O3/c17-12-4-3-10(13(18)6-12)5-11(9-1-2-9)7-19-15(21)14-8-23-16(22)20-14/h3-4,6,8-9,11H,1-2,5,7H2,(H,19,21)(H,20,22). The van der Waals surface area contributed by atoms with Gasteiger partial charge in [0.15, 0.2) is 0 Å². The van der Waals surface area contributed by atoms with E-state index in [2.05, 4.69) is 14.7 Å². The van der Waals surface area contributed by atoms with Gasteiger partial charge in [-0.1, -0.05) is 6.07 Å². The summed E-state index contributed by atoms with van der Waals surface area (Å²) in [5.74, 6) is -1.82. The number of halogens is 2. The summed E-state index contributed by atoms with van der Waals surface area (Å²) in [6.45, 7) is 0.355. The predicted molar refractivity (Wildman–Crippen MR) is 77.9 cm³/mol. The van der Waals surface area contributed by atoms with Crippen molar-refractivity contribution in [3.8, 4) is 0 Å². The number of carbonyl (C=O) groups excluding carboxylic acids is 1. The lowest BCUT2D eigenvalue weighted by Crippen LogP contribution is -2.31. The highest BCUT2D eigenvalue weighted by molar-refractivity contribution is 5.91. The molecule has 23 heavy (non-hydrogen) atoms. The van der Waals surface area contributed by atoms with Crippen LogP contribution in [0.1, 0.15) is 28.9 Å². The Balaban J connectivity index is 1.63. The van der Waals surface area contributed by atoms with Crippen molar-refractivity contribution in [3.63, 3.8) is 0 Å². The van der Waals surface area contributed by atoms with Gasteiger partial charge >= 0.3 is 5.76 Å². The fourth-order valence-corrected chi connectivity index (χ4v) is 2.65. The monoisotopic (exact) mass is 322 g/mol. The number of carbonyl (C=O) groups is 1. The number of benzene rings is 1. The average molecular weight is 322 g/mol. The molecule has 1 atom stereocenters. The topological polar surface area (TPSA) is 75.1 Å². The van der Waals surface area contributed by atoms with Crippen LogP contribution in [0.2, 0.25) is 0 Å². The molecule has 2 aromatic rings. The summed E-state index contributed by atoms with van der Waals surface area (Å²) < 4.78 is 31.3. The van der Waals surface area contributed by atoms with Crippen molar-refractivity contribution in [2.24, 2.45) is 11.8 Å². The van der Waals surface area contributed by atoms with Crippen molar-refractivity contribution in [2.75, 3.05) is 6.54 Å². The van der Waals surface area contributed by atoms with E-state index in [-0.39, 0.29) is 11.6 Å². The number of hydrogen-bond acceptors (Lipinski definition) is 3. The maximum atomic E-state index is 13.8. The Bertz CT molecular complexity index is 765. The van der Waals surface area contributed by atoms with Crippen LogP contribution in [0.3, 0.4) is 0 Å². The highest BCUT2D eigenvalue weighted by Crippen LogP contribution is 2.38. The zero-order valence-corrected chi connectivity index (χ0v) is 12.3. The average Bonchev–Trinajstić information content (AvgIpc) is 3.26. The van der Waals surface area contributed by atoms with Crippen LogP contribution in [0.5, 0.6) is 0 Å². The minimum absolute atomic E-state index is 0.0532. The lowest BCUT2D eigenvalue weighted by Gasteiger charge is -2.17. The molecular weight excluding hydrogens is 306 g/mol. The summed E-state index contributed by atoms with van der Waals surface area (Å²) in [7, 11) is 0. The molecule has 1 heterocycles. The zero-order chi connectivity index (χ0) is 16.4. The van der Waals surface area contributed by atoms with Crippen LogP contribution >= 0.6 is 0 Å². The molecule has 122 valence electrons. The molecule has 1 aromatic carbocycles. The molecule has 3 rings (SSSR count). The van der Waals surface area contributed by atoms with Crippen LogP contribution < -0.4 is 11.1 Å². The summed E-state index contributed by atoms with van der Waals surface area (Å²) >= 11 is 0. The van der Waals surface area contributed by atoms with Gasteiger partial charge in [0.05, 0.1) is 0 Å². The van der Waals surface area contributed by atoms with Crippen LogP contribution in [-0.2, 0) is 6.42 Å². The van der Waals surface area contributed by atoms with Crippen molar-refractivity contribution in [2.45, 2.75) is 19.3 Å². The molecular formula is C16H16F2N2O3. The molecule has 2 N–H and O–H groups in total. The maximum absolute atomic E-state index is 13.8. The first kappa shape index (κ1) is 15.5. The Morgan fingerprint density at radius 3 is 2.78 bits per heavy atom. The molecule has 1 amide bonds. The molecule has 1 aromatic heterocycles. The largest absolute Gasteiger partial charge is 0.416 e. The van der Waals surface area contributed by atoms with Crippen molar-refractivity contribution in [3.05, 3.63) is 57.9 Å². The molecule has 7 heteroatoms. The van der Waals surface area contributed by atoms with E-state index >= 15 is 0 Å². The lowest BCUT2D eigenvalue weighted by atomic mass is 9.94. The first-order valence-electron chi connectivity index (χ1n) is 7.43. The van der Waals surface area contributed by atoms with E-state index in [0.29, 0.717) is 24.4 Å². The summed E-state index contributed by atoms with van der Waals surface area (Å²) in [5.41, 5.74) is 0.492. The Morgan fingerprint density at radius 2 is 2.17 bits per heavy atom. The van der Waals surface area contributed by atoms with Crippen molar-refractivity contribution in [1.29, 1.82) is 0 Å². The molecule has 1 unspecified atom stereocenters. The third kappa shape index (κ3) is 3.85. The number of amides is 1. The molecule has 1 aliphatic rings. The number of hydrogen-bond donors (Lipinski definition) is 2. The maximum Gasteiger partial charge on any atom is 0.416 e. The van der Waals surface area contributed by atoms with Crippen LogP contribution in [-0.4, -0.2) is 17.4 Å². The van der Waals surface area contributed by atoms with Gasteiger partial charge in [-0.2, -0.15) is 0 Å². The Hall–Kier alpha value is -2.44. The summed E-state index contributed by atoms with van der Waals surface area (Å²) in [6, 6.07) is 3.54. The fourth-order valence-electron chi connectivity index (χ4n) is 2.65. The lowest BCUT2D eigenvalue weighted by molar-refractivity contribution is 0.0940. The molecule has 0 radical (unpaired) electrons. The van der Waals surface area contributed by atoms with E-state index in [4.69, 9.17) is 0 Å². The number of nitrogens with one attached hydrogen (secondary N) is 2. The molecule has 0 saturated heterocycles. The second-order valence-electron chi connectivity index (χ2n) is 5.81. The van der Waals surface area contributed by atoms with Gasteiger partial charge in [-0.15, -0.1) is 0 Å². The minimum Gasteiger partial charge on any atom is -0.416 e. The van der Waals surface area contributed by atoms with Gasteiger partial charge in [-0.05, 0) is 42.7 Å². The first-order chi connectivity index (χ1) is 11.0.